The molecule has 0 radical (unpaired) electrons. The average molecular weight is 345 g/mol. The lowest BCUT2D eigenvalue weighted by Gasteiger charge is -2.08. The van der Waals surface area contributed by atoms with Gasteiger partial charge in [-0.15, -0.1) is 11.3 Å². The van der Waals surface area contributed by atoms with Gasteiger partial charge in [0.1, 0.15) is 17.5 Å². The van der Waals surface area contributed by atoms with E-state index in [2.05, 4.69) is 15.6 Å². The Kier molecular flexibility index (Phi) is 4.81. The van der Waals surface area contributed by atoms with Gasteiger partial charge in [0.05, 0.1) is 24.0 Å². The van der Waals surface area contributed by atoms with Crippen molar-refractivity contribution in [3.63, 3.8) is 0 Å². The number of thiophene rings is 1. The van der Waals surface area contributed by atoms with Gasteiger partial charge in [0, 0.05) is 10.9 Å². The molecule has 0 atom stereocenters. The second-order valence-electron chi connectivity index (χ2n) is 4.99. The molecule has 2 heterocycles. The first-order chi connectivity index (χ1) is 11.6. The van der Waals surface area contributed by atoms with Gasteiger partial charge in [0.2, 0.25) is 5.91 Å². The van der Waals surface area contributed by atoms with Crippen LogP contribution in [0.15, 0.2) is 54.0 Å². The van der Waals surface area contributed by atoms with Crippen LogP contribution in [-0.4, -0.2) is 10.9 Å². The SMILES string of the molecule is O=C(Cc1cccs1)Nc1ccc(Nc2ccc(F)cc2F)cn1. The number of anilines is 3. The molecule has 0 unspecified atom stereocenters. The number of pyridine rings is 1. The number of halogens is 2. The van der Waals surface area contributed by atoms with Crippen molar-refractivity contribution in [1.29, 1.82) is 0 Å². The smallest absolute Gasteiger partial charge is 0.230 e. The summed E-state index contributed by atoms with van der Waals surface area (Å²) in [6.45, 7) is 0. The van der Waals surface area contributed by atoms with Gasteiger partial charge < -0.3 is 10.6 Å². The Morgan fingerprint density at radius 3 is 2.71 bits per heavy atom. The van der Waals surface area contributed by atoms with Crippen molar-refractivity contribution in [3.05, 3.63) is 70.6 Å². The molecule has 7 heteroatoms. The van der Waals surface area contributed by atoms with Crippen molar-refractivity contribution in [2.45, 2.75) is 6.42 Å². The number of rotatable bonds is 5. The standard InChI is InChI=1S/C17H13F2N3OS/c18-11-3-5-15(14(19)8-11)21-12-4-6-16(20-10-12)22-17(23)9-13-2-1-7-24-13/h1-8,10,21H,9H2,(H,20,22,23). The largest absolute Gasteiger partial charge is 0.352 e. The number of benzene rings is 1. The second-order valence-corrected chi connectivity index (χ2v) is 6.02. The van der Waals surface area contributed by atoms with Crippen molar-refractivity contribution in [2.24, 2.45) is 0 Å². The van der Waals surface area contributed by atoms with Crippen molar-refractivity contribution in [1.82, 2.24) is 4.98 Å². The quantitative estimate of drug-likeness (QED) is 0.723. The molecule has 0 aliphatic carbocycles. The lowest BCUT2D eigenvalue weighted by atomic mass is 10.3. The number of nitrogens with zero attached hydrogens (tertiary/aromatic N) is 1. The maximum atomic E-state index is 13.6. The van der Waals surface area contributed by atoms with E-state index in [4.69, 9.17) is 0 Å². The first-order valence-corrected chi connectivity index (χ1v) is 7.98. The summed E-state index contributed by atoms with van der Waals surface area (Å²) < 4.78 is 26.5. The van der Waals surface area contributed by atoms with E-state index in [1.165, 1.54) is 23.6 Å². The molecule has 0 aliphatic heterocycles. The normalized spacial score (nSPS) is 10.4. The number of nitrogens with one attached hydrogen (secondary N) is 2. The van der Waals surface area contributed by atoms with Crippen LogP contribution in [0.3, 0.4) is 0 Å². The van der Waals surface area contributed by atoms with Gasteiger partial charge >= 0.3 is 0 Å². The fourth-order valence-electron chi connectivity index (χ4n) is 2.05. The molecule has 0 aliphatic rings. The lowest BCUT2D eigenvalue weighted by Crippen LogP contribution is -2.14. The van der Waals surface area contributed by atoms with Crippen LogP contribution in [0.2, 0.25) is 0 Å². The molecule has 0 saturated heterocycles. The number of aromatic nitrogens is 1. The molecule has 3 rings (SSSR count). The van der Waals surface area contributed by atoms with Gasteiger partial charge in [-0.1, -0.05) is 6.07 Å². The van der Waals surface area contributed by atoms with Crippen molar-refractivity contribution in [3.8, 4) is 0 Å². The molecule has 2 aromatic heterocycles. The van der Waals surface area contributed by atoms with Gasteiger partial charge in [-0.25, -0.2) is 13.8 Å². The van der Waals surface area contributed by atoms with Crippen LogP contribution < -0.4 is 10.6 Å². The summed E-state index contributed by atoms with van der Waals surface area (Å²) in [6, 6.07) is 10.3. The Balaban J connectivity index is 1.61. The number of amides is 1. The number of hydrogen-bond donors (Lipinski definition) is 2. The van der Waals surface area contributed by atoms with E-state index in [0.717, 1.165) is 17.0 Å². The highest BCUT2D eigenvalue weighted by molar-refractivity contribution is 7.10. The monoisotopic (exact) mass is 345 g/mol. The molecule has 0 bridgehead atoms. The number of hydrogen-bond acceptors (Lipinski definition) is 4. The molecule has 3 aromatic rings. The summed E-state index contributed by atoms with van der Waals surface area (Å²) in [6.07, 6.45) is 1.75. The minimum atomic E-state index is -0.691. The summed E-state index contributed by atoms with van der Waals surface area (Å²) in [7, 11) is 0. The van der Waals surface area contributed by atoms with E-state index in [0.29, 0.717) is 17.9 Å². The molecule has 0 fully saturated rings. The number of carbonyl (C=O) groups is 1. The molecule has 2 N–H and O–H groups in total. The number of carbonyl (C=O) groups excluding carboxylic acids is 1. The van der Waals surface area contributed by atoms with E-state index < -0.39 is 11.6 Å². The maximum absolute atomic E-state index is 13.6. The highest BCUT2D eigenvalue weighted by Crippen LogP contribution is 2.21. The van der Waals surface area contributed by atoms with Crippen LogP contribution in [-0.2, 0) is 11.2 Å². The molecule has 122 valence electrons. The van der Waals surface area contributed by atoms with Crippen LogP contribution in [0.4, 0.5) is 26.0 Å². The fraction of sp³-hybridized carbons (Fsp3) is 0.0588. The zero-order valence-electron chi connectivity index (χ0n) is 12.4. The predicted octanol–water partition coefficient (Wildman–Crippen LogP) is 4.35. The molecule has 1 aromatic carbocycles. The predicted molar refractivity (Wildman–Crippen MR) is 90.5 cm³/mol. The maximum Gasteiger partial charge on any atom is 0.230 e. The fourth-order valence-corrected chi connectivity index (χ4v) is 2.75. The van der Waals surface area contributed by atoms with Crippen LogP contribution in [0.25, 0.3) is 0 Å². The minimum Gasteiger partial charge on any atom is -0.352 e. The second kappa shape index (κ2) is 7.18. The van der Waals surface area contributed by atoms with Crippen molar-refractivity contribution < 1.29 is 13.6 Å². The third-order valence-corrected chi connectivity index (χ3v) is 4.03. The van der Waals surface area contributed by atoms with Crippen molar-refractivity contribution >= 4 is 34.4 Å². The summed E-state index contributed by atoms with van der Waals surface area (Å²) >= 11 is 1.51. The highest BCUT2D eigenvalue weighted by atomic mass is 32.1. The third-order valence-electron chi connectivity index (χ3n) is 3.16. The first-order valence-electron chi connectivity index (χ1n) is 7.10. The van der Waals surface area contributed by atoms with E-state index in [9.17, 15) is 13.6 Å². The molecule has 1 amide bonds. The molecule has 4 nitrogen and oxygen atoms in total. The summed E-state index contributed by atoms with van der Waals surface area (Å²) in [5.74, 6) is -1.08. The Morgan fingerprint density at radius 1 is 1.17 bits per heavy atom. The lowest BCUT2D eigenvalue weighted by molar-refractivity contribution is -0.115. The van der Waals surface area contributed by atoms with Gasteiger partial charge in [-0.2, -0.15) is 0 Å². The van der Waals surface area contributed by atoms with Gasteiger partial charge in [-0.05, 0) is 35.7 Å². The van der Waals surface area contributed by atoms with Crippen LogP contribution in [0.5, 0.6) is 0 Å². The molecular formula is C17H13F2N3OS. The Morgan fingerprint density at radius 2 is 2.04 bits per heavy atom. The minimum absolute atomic E-state index is 0.146. The molecule has 0 spiro atoms. The molecular weight excluding hydrogens is 332 g/mol. The average Bonchev–Trinajstić information content (AvgIpc) is 3.04. The third kappa shape index (κ3) is 4.14. The van der Waals surface area contributed by atoms with Gasteiger partial charge in [0.25, 0.3) is 0 Å². The zero-order valence-corrected chi connectivity index (χ0v) is 13.2. The summed E-state index contributed by atoms with van der Waals surface area (Å²) in [4.78, 5) is 17.0. The van der Waals surface area contributed by atoms with E-state index in [-0.39, 0.29) is 11.6 Å². The van der Waals surface area contributed by atoms with Crippen LogP contribution in [0.1, 0.15) is 4.88 Å². The molecule has 0 saturated carbocycles. The highest BCUT2D eigenvalue weighted by Gasteiger charge is 2.07. The Labute approximate surface area is 141 Å². The first kappa shape index (κ1) is 16.1. The molecule has 24 heavy (non-hydrogen) atoms. The van der Waals surface area contributed by atoms with Gasteiger partial charge in [0.15, 0.2) is 0 Å². The van der Waals surface area contributed by atoms with Crippen LogP contribution >= 0.6 is 11.3 Å². The Hall–Kier alpha value is -2.80. The van der Waals surface area contributed by atoms with E-state index in [1.54, 1.807) is 12.1 Å². The summed E-state index contributed by atoms with van der Waals surface area (Å²) in [5.41, 5.74) is 0.671. The van der Waals surface area contributed by atoms with E-state index >= 15 is 0 Å². The van der Waals surface area contributed by atoms with Crippen LogP contribution in [0, 0.1) is 11.6 Å². The zero-order chi connectivity index (χ0) is 16.9. The van der Waals surface area contributed by atoms with Crippen molar-refractivity contribution in [2.75, 3.05) is 10.6 Å². The van der Waals surface area contributed by atoms with E-state index in [1.807, 2.05) is 17.5 Å². The Bertz CT molecular complexity index is 836. The summed E-state index contributed by atoms with van der Waals surface area (Å²) in [5, 5.41) is 7.41. The van der Waals surface area contributed by atoms with Gasteiger partial charge in [-0.3, -0.25) is 4.79 Å². The topological polar surface area (TPSA) is 54.0 Å².